The van der Waals surface area contributed by atoms with E-state index in [-0.39, 0.29) is 12.1 Å². The first kappa shape index (κ1) is 22.7. The third-order valence-corrected chi connectivity index (χ3v) is 4.82. The minimum absolute atomic E-state index is 0.0323. The molecule has 0 heterocycles. The number of benzene rings is 1. The van der Waals surface area contributed by atoms with Gasteiger partial charge in [-0.2, -0.15) is 0 Å². The van der Waals surface area contributed by atoms with Crippen molar-refractivity contribution in [1.29, 1.82) is 0 Å². The molecule has 0 aliphatic heterocycles. The fourth-order valence-corrected chi connectivity index (χ4v) is 3.07. The summed E-state index contributed by atoms with van der Waals surface area (Å²) in [6.07, 6.45) is 5.71. The second-order valence-electron chi connectivity index (χ2n) is 6.92. The molecule has 4 heteroatoms. The lowest BCUT2D eigenvalue weighted by Gasteiger charge is -2.23. The molecule has 0 amide bonds. The minimum Gasteiger partial charge on any atom is -0.461 e. The van der Waals surface area contributed by atoms with Gasteiger partial charge in [0.1, 0.15) is 6.04 Å². The fourth-order valence-electron chi connectivity index (χ4n) is 3.07. The van der Waals surface area contributed by atoms with E-state index in [1.54, 1.807) is 0 Å². The molecule has 0 aromatic heterocycles. The number of carbonyl (C=O) groups is 1. The lowest BCUT2D eigenvalue weighted by atomic mass is 10.1. The van der Waals surface area contributed by atoms with Gasteiger partial charge in [-0.3, -0.25) is 5.32 Å². The van der Waals surface area contributed by atoms with Crippen molar-refractivity contribution in [3.63, 3.8) is 0 Å². The van der Waals surface area contributed by atoms with Crippen LogP contribution in [0.5, 0.6) is 0 Å². The number of hydrogen-bond donors (Lipinski definition) is 1. The first-order chi connectivity index (χ1) is 12.6. The van der Waals surface area contributed by atoms with Gasteiger partial charge in [-0.1, -0.05) is 70.4 Å². The number of nitrogens with zero attached hydrogens (tertiary/aromatic N) is 1. The van der Waals surface area contributed by atoms with Crippen molar-refractivity contribution in [2.45, 2.75) is 71.9 Å². The average molecular weight is 363 g/mol. The molecule has 148 valence electrons. The molecular weight excluding hydrogens is 324 g/mol. The van der Waals surface area contributed by atoms with Crippen LogP contribution in [0.25, 0.3) is 0 Å². The van der Waals surface area contributed by atoms with Crippen LogP contribution in [0.15, 0.2) is 30.3 Å². The highest BCUT2D eigenvalue weighted by Gasteiger charge is 2.23. The predicted octanol–water partition coefficient (Wildman–Crippen LogP) is 4.56. The highest BCUT2D eigenvalue weighted by Crippen LogP contribution is 2.17. The van der Waals surface area contributed by atoms with Crippen LogP contribution in [0, 0.1) is 0 Å². The Balaban J connectivity index is 2.59. The maximum Gasteiger partial charge on any atom is 0.328 e. The second kappa shape index (κ2) is 13.8. The SMILES string of the molecule is CCCCCCC(C)OC(=O)C(NCCN(CC)CC)c1ccccc1. The highest BCUT2D eigenvalue weighted by molar-refractivity contribution is 5.77. The summed E-state index contributed by atoms with van der Waals surface area (Å²) in [5.74, 6) is -0.168. The van der Waals surface area contributed by atoms with Gasteiger partial charge in [0.2, 0.25) is 0 Å². The van der Waals surface area contributed by atoms with Crippen LogP contribution in [0.3, 0.4) is 0 Å². The summed E-state index contributed by atoms with van der Waals surface area (Å²) in [6.45, 7) is 12.3. The average Bonchev–Trinajstić information content (AvgIpc) is 2.66. The lowest BCUT2D eigenvalue weighted by Crippen LogP contribution is -2.37. The van der Waals surface area contributed by atoms with Crippen molar-refractivity contribution in [1.82, 2.24) is 10.2 Å². The summed E-state index contributed by atoms with van der Waals surface area (Å²) in [7, 11) is 0. The van der Waals surface area contributed by atoms with Crippen LogP contribution < -0.4 is 5.32 Å². The van der Waals surface area contributed by atoms with Crippen molar-refractivity contribution >= 4 is 5.97 Å². The highest BCUT2D eigenvalue weighted by atomic mass is 16.5. The zero-order valence-corrected chi connectivity index (χ0v) is 17.2. The van der Waals surface area contributed by atoms with Crippen LogP contribution in [0.1, 0.15) is 71.4 Å². The summed E-state index contributed by atoms with van der Waals surface area (Å²) in [5.41, 5.74) is 0.968. The Morgan fingerprint density at radius 2 is 1.77 bits per heavy atom. The Labute approximate surface area is 160 Å². The lowest BCUT2D eigenvalue weighted by molar-refractivity contribution is -0.151. The fraction of sp³-hybridized carbons (Fsp3) is 0.682. The summed E-state index contributed by atoms with van der Waals surface area (Å²) in [5, 5.41) is 3.40. The van der Waals surface area contributed by atoms with Gasteiger partial charge < -0.3 is 9.64 Å². The topological polar surface area (TPSA) is 41.6 Å². The number of rotatable bonds is 14. The Morgan fingerprint density at radius 1 is 1.08 bits per heavy atom. The zero-order valence-electron chi connectivity index (χ0n) is 17.2. The van der Waals surface area contributed by atoms with Crippen LogP contribution >= 0.6 is 0 Å². The number of esters is 1. The van der Waals surface area contributed by atoms with E-state index < -0.39 is 6.04 Å². The van der Waals surface area contributed by atoms with E-state index in [1.165, 1.54) is 19.3 Å². The standard InChI is InChI=1S/C22H38N2O2/c1-5-8-9-11-14-19(4)26-22(25)21(20-15-12-10-13-16-20)23-17-18-24(6-2)7-3/h10,12-13,15-16,19,21,23H,5-9,11,14,17-18H2,1-4H3. The van der Waals surface area contributed by atoms with E-state index in [9.17, 15) is 4.79 Å². The maximum absolute atomic E-state index is 12.8. The van der Waals surface area contributed by atoms with E-state index >= 15 is 0 Å². The molecule has 2 atom stereocenters. The summed E-state index contributed by atoms with van der Waals surface area (Å²) < 4.78 is 5.74. The third kappa shape index (κ3) is 8.81. The molecule has 0 aliphatic rings. The van der Waals surface area contributed by atoms with Crippen molar-refractivity contribution in [2.24, 2.45) is 0 Å². The summed E-state index contributed by atoms with van der Waals surface area (Å²) >= 11 is 0. The largest absolute Gasteiger partial charge is 0.461 e. The van der Waals surface area contributed by atoms with Crippen LogP contribution in [-0.4, -0.2) is 43.2 Å². The van der Waals surface area contributed by atoms with Crippen molar-refractivity contribution in [3.05, 3.63) is 35.9 Å². The second-order valence-corrected chi connectivity index (χ2v) is 6.92. The van der Waals surface area contributed by atoms with Crippen LogP contribution in [-0.2, 0) is 9.53 Å². The normalized spacial score (nSPS) is 13.6. The van der Waals surface area contributed by atoms with Gasteiger partial charge in [0.25, 0.3) is 0 Å². The molecule has 0 saturated heterocycles. The molecule has 1 N–H and O–H groups in total. The monoisotopic (exact) mass is 362 g/mol. The number of unbranched alkanes of at least 4 members (excludes halogenated alkanes) is 3. The Morgan fingerprint density at radius 3 is 2.38 bits per heavy atom. The molecule has 4 nitrogen and oxygen atoms in total. The first-order valence-corrected chi connectivity index (χ1v) is 10.3. The van der Waals surface area contributed by atoms with E-state index in [1.807, 2.05) is 37.3 Å². The quantitative estimate of drug-likeness (QED) is 0.389. The number of nitrogens with one attached hydrogen (secondary N) is 1. The first-order valence-electron chi connectivity index (χ1n) is 10.3. The van der Waals surface area contributed by atoms with Gasteiger partial charge >= 0.3 is 5.97 Å². The van der Waals surface area contributed by atoms with Crippen LogP contribution in [0.4, 0.5) is 0 Å². The van der Waals surface area contributed by atoms with Gasteiger partial charge in [0.05, 0.1) is 6.10 Å². The predicted molar refractivity (Wildman–Crippen MR) is 109 cm³/mol. The van der Waals surface area contributed by atoms with Gasteiger partial charge in [-0.15, -0.1) is 0 Å². The molecule has 26 heavy (non-hydrogen) atoms. The molecule has 0 aliphatic carbocycles. The number of ether oxygens (including phenoxy) is 1. The molecule has 0 spiro atoms. The molecule has 0 radical (unpaired) electrons. The van der Waals surface area contributed by atoms with Gasteiger partial charge in [-0.05, 0) is 38.4 Å². The Kier molecular flexibility index (Phi) is 12.0. The van der Waals surface area contributed by atoms with Crippen molar-refractivity contribution in [2.75, 3.05) is 26.2 Å². The molecule has 1 rings (SSSR count). The number of carbonyl (C=O) groups excluding carboxylic acids is 1. The molecule has 1 aromatic rings. The van der Waals surface area contributed by atoms with E-state index in [0.29, 0.717) is 0 Å². The van der Waals surface area contributed by atoms with Gasteiger partial charge in [-0.25, -0.2) is 4.79 Å². The number of likely N-dealkylation sites (N-methyl/N-ethyl adjacent to an activating group) is 1. The maximum atomic E-state index is 12.8. The molecule has 2 unspecified atom stereocenters. The smallest absolute Gasteiger partial charge is 0.328 e. The van der Waals surface area contributed by atoms with E-state index in [4.69, 9.17) is 4.74 Å². The van der Waals surface area contributed by atoms with E-state index in [2.05, 4.69) is 31.0 Å². The molecule has 0 fully saturated rings. The van der Waals surface area contributed by atoms with Crippen LogP contribution in [0.2, 0.25) is 0 Å². The summed E-state index contributed by atoms with van der Waals surface area (Å²) in [6, 6.07) is 9.49. The van der Waals surface area contributed by atoms with E-state index in [0.717, 1.165) is 44.6 Å². The Bertz CT molecular complexity index is 474. The molecular formula is C22H38N2O2. The molecule has 0 saturated carbocycles. The number of hydrogen-bond acceptors (Lipinski definition) is 4. The molecule has 0 bridgehead atoms. The Hall–Kier alpha value is -1.39. The van der Waals surface area contributed by atoms with Gasteiger partial charge in [0, 0.05) is 13.1 Å². The van der Waals surface area contributed by atoms with Crippen molar-refractivity contribution in [3.8, 4) is 0 Å². The van der Waals surface area contributed by atoms with Gasteiger partial charge in [0.15, 0.2) is 0 Å². The van der Waals surface area contributed by atoms with Crippen molar-refractivity contribution < 1.29 is 9.53 Å². The molecule has 1 aromatic carbocycles. The zero-order chi connectivity index (χ0) is 19.2. The third-order valence-electron chi connectivity index (χ3n) is 4.82. The minimum atomic E-state index is -0.398. The summed E-state index contributed by atoms with van der Waals surface area (Å²) in [4.78, 5) is 15.1.